The molecule has 1 aliphatic heterocycles. The molecule has 170 valence electrons. The minimum Gasteiger partial charge on any atom is -0.459 e. The maximum Gasteiger partial charge on any atom is 0.270 e. The molecule has 0 amide bonds. The lowest BCUT2D eigenvalue weighted by molar-refractivity contribution is -0.384. The van der Waals surface area contributed by atoms with Gasteiger partial charge in [-0.3, -0.25) is 10.1 Å². The normalized spacial score (nSPS) is 25.8. The van der Waals surface area contributed by atoms with E-state index in [4.69, 9.17) is 32.7 Å². The van der Waals surface area contributed by atoms with Crippen LogP contribution in [-0.4, -0.2) is 67.2 Å². The van der Waals surface area contributed by atoms with Crippen LogP contribution in [0.15, 0.2) is 42.6 Å². The van der Waals surface area contributed by atoms with E-state index in [2.05, 4.69) is 0 Å². The Bertz CT molecular complexity index is 1140. The van der Waals surface area contributed by atoms with Crippen molar-refractivity contribution in [3.63, 3.8) is 0 Å². The highest BCUT2D eigenvalue weighted by atomic mass is 35.5. The summed E-state index contributed by atoms with van der Waals surface area (Å²) in [4.78, 5) is 10.5. The minimum absolute atomic E-state index is 0.0328. The number of nitrogens with zero attached hydrogens (tertiary/aromatic N) is 2. The van der Waals surface area contributed by atoms with Crippen molar-refractivity contribution in [3.8, 4) is 11.4 Å². The Labute approximate surface area is 190 Å². The first-order valence-electron chi connectivity index (χ1n) is 9.43. The predicted molar refractivity (Wildman–Crippen MR) is 114 cm³/mol. The number of hydrogen-bond donors (Lipinski definition) is 4. The van der Waals surface area contributed by atoms with Crippen LogP contribution in [0, 0.1) is 10.1 Å². The molecule has 0 bridgehead atoms. The molecule has 2 unspecified atom stereocenters. The molecular weight excluding hydrogens is 467 g/mol. The van der Waals surface area contributed by atoms with Gasteiger partial charge in [0.05, 0.1) is 27.1 Å². The maximum atomic E-state index is 11.0. The van der Waals surface area contributed by atoms with Crippen LogP contribution in [0.25, 0.3) is 16.6 Å². The number of rotatable bonds is 5. The van der Waals surface area contributed by atoms with E-state index < -0.39 is 42.2 Å². The summed E-state index contributed by atoms with van der Waals surface area (Å²) < 4.78 is 12.6. The zero-order chi connectivity index (χ0) is 23.2. The summed E-state index contributed by atoms with van der Waals surface area (Å²) in [6.07, 6.45) is -5.65. The summed E-state index contributed by atoms with van der Waals surface area (Å²) in [6, 6.07) is 9.22. The van der Waals surface area contributed by atoms with Crippen LogP contribution in [0.1, 0.15) is 0 Å². The van der Waals surface area contributed by atoms with Gasteiger partial charge in [-0.2, -0.15) is 0 Å². The van der Waals surface area contributed by atoms with Crippen molar-refractivity contribution in [3.05, 3.63) is 62.8 Å². The average Bonchev–Trinajstić information content (AvgIpc) is 3.19. The number of aliphatic hydroxyl groups is 4. The quantitative estimate of drug-likeness (QED) is 0.317. The van der Waals surface area contributed by atoms with E-state index in [1.165, 1.54) is 24.3 Å². The molecule has 0 aliphatic carbocycles. The first-order valence-corrected chi connectivity index (χ1v) is 10.2. The van der Waals surface area contributed by atoms with Crippen molar-refractivity contribution >= 4 is 39.8 Å². The van der Waals surface area contributed by atoms with Gasteiger partial charge in [0.15, 0.2) is 5.75 Å². The number of hydrogen-bond acceptors (Lipinski definition) is 8. The Morgan fingerprint density at radius 2 is 1.75 bits per heavy atom. The number of nitro groups is 1. The SMILES string of the molecule is O=[N+]([O-])c1ccc2c(ccn2-c2cc(Cl)c(O[C@H]3OC(CO)[C@@H](O)C(O)[C@H]3O)c(Cl)c2)c1. The van der Waals surface area contributed by atoms with E-state index in [0.29, 0.717) is 16.6 Å². The van der Waals surface area contributed by atoms with Crippen LogP contribution in [0.4, 0.5) is 5.69 Å². The third-order valence-corrected chi connectivity index (χ3v) is 5.79. The molecule has 12 heteroatoms. The number of fused-ring (bicyclic) bond motifs is 1. The van der Waals surface area contributed by atoms with E-state index in [-0.39, 0.29) is 21.5 Å². The number of nitro benzene ring substituents is 1. The van der Waals surface area contributed by atoms with E-state index in [1.54, 1.807) is 22.9 Å². The van der Waals surface area contributed by atoms with Gasteiger partial charge in [0.25, 0.3) is 5.69 Å². The summed E-state index contributed by atoms with van der Waals surface area (Å²) in [5.41, 5.74) is 1.20. The highest BCUT2D eigenvalue weighted by molar-refractivity contribution is 6.37. The standard InChI is InChI=1S/C20H18Cl2N2O8/c21-12-6-11(23-4-3-9-5-10(24(29)30)1-2-14(9)23)7-13(22)19(12)32-20-18(28)17(27)16(26)15(8-25)31-20/h1-7,15-18,20,25-28H,8H2/t15?,16-,17?,18-,20-/m1/s1. The molecule has 0 saturated carbocycles. The number of non-ortho nitro benzene ring substituents is 1. The maximum absolute atomic E-state index is 11.0. The van der Waals surface area contributed by atoms with Crippen molar-refractivity contribution in [1.29, 1.82) is 0 Å². The summed E-state index contributed by atoms with van der Waals surface area (Å²) >= 11 is 12.7. The minimum atomic E-state index is -1.62. The van der Waals surface area contributed by atoms with Crippen LogP contribution < -0.4 is 4.74 Å². The Balaban J connectivity index is 1.64. The van der Waals surface area contributed by atoms with Crippen LogP contribution >= 0.6 is 23.2 Å². The zero-order valence-electron chi connectivity index (χ0n) is 16.2. The van der Waals surface area contributed by atoms with Gasteiger partial charge >= 0.3 is 0 Å². The molecular formula is C20H18Cl2N2O8. The number of halogens is 2. The lowest BCUT2D eigenvalue weighted by atomic mass is 9.99. The van der Waals surface area contributed by atoms with Gasteiger partial charge in [0, 0.05) is 29.4 Å². The van der Waals surface area contributed by atoms with Crippen LogP contribution in [0.2, 0.25) is 10.0 Å². The van der Waals surface area contributed by atoms with Gasteiger partial charge < -0.3 is 34.5 Å². The highest BCUT2D eigenvalue weighted by Crippen LogP contribution is 2.38. The molecule has 1 aromatic heterocycles. The van der Waals surface area contributed by atoms with Gasteiger partial charge in [-0.1, -0.05) is 23.2 Å². The van der Waals surface area contributed by atoms with Gasteiger partial charge in [0.1, 0.15) is 24.4 Å². The Hall–Kier alpha value is -2.44. The number of ether oxygens (including phenoxy) is 2. The van der Waals surface area contributed by atoms with Gasteiger partial charge in [0.2, 0.25) is 6.29 Å². The lowest BCUT2D eigenvalue weighted by Crippen LogP contribution is -2.60. The third kappa shape index (κ3) is 4.02. The summed E-state index contributed by atoms with van der Waals surface area (Å²) in [7, 11) is 0. The summed E-state index contributed by atoms with van der Waals surface area (Å²) in [6.45, 7) is -0.607. The molecule has 0 radical (unpaired) electrons. The first-order chi connectivity index (χ1) is 15.2. The smallest absolute Gasteiger partial charge is 0.270 e. The van der Waals surface area contributed by atoms with E-state index in [0.717, 1.165) is 0 Å². The van der Waals surface area contributed by atoms with E-state index >= 15 is 0 Å². The molecule has 2 aromatic carbocycles. The molecule has 1 aliphatic rings. The number of benzene rings is 2. The molecule has 2 heterocycles. The Morgan fingerprint density at radius 3 is 2.38 bits per heavy atom. The summed E-state index contributed by atoms with van der Waals surface area (Å²) in [5.74, 6) is -0.0338. The fraction of sp³-hybridized carbons (Fsp3) is 0.300. The van der Waals surface area contributed by atoms with Crippen molar-refractivity contribution in [2.45, 2.75) is 30.7 Å². The second-order valence-corrected chi connectivity index (χ2v) is 8.05. The fourth-order valence-corrected chi connectivity index (χ4v) is 4.11. The predicted octanol–water partition coefficient (Wildman–Crippen LogP) is 2.02. The van der Waals surface area contributed by atoms with Crippen LogP contribution in [0.5, 0.6) is 5.75 Å². The fourth-order valence-electron chi connectivity index (χ4n) is 3.55. The molecule has 1 fully saturated rings. The Kier molecular flexibility index (Phi) is 6.28. The Morgan fingerprint density at radius 1 is 1.06 bits per heavy atom. The monoisotopic (exact) mass is 484 g/mol. The number of aliphatic hydroxyl groups excluding tert-OH is 4. The van der Waals surface area contributed by atoms with Gasteiger partial charge in [-0.25, -0.2) is 0 Å². The van der Waals surface area contributed by atoms with Crippen LogP contribution in [0.3, 0.4) is 0 Å². The zero-order valence-corrected chi connectivity index (χ0v) is 17.7. The van der Waals surface area contributed by atoms with Crippen molar-refractivity contribution < 1.29 is 34.8 Å². The van der Waals surface area contributed by atoms with Crippen molar-refractivity contribution in [2.24, 2.45) is 0 Å². The molecule has 4 N–H and O–H groups in total. The highest BCUT2D eigenvalue weighted by Gasteiger charge is 2.45. The molecule has 4 rings (SSSR count). The summed E-state index contributed by atoms with van der Waals surface area (Å²) in [5, 5.41) is 51.1. The van der Waals surface area contributed by atoms with Crippen molar-refractivity contribution in [2.75, 3.05) is 6.61 Å². The average molecular weight is 485 g/mol. The third-order valence-electron chi connectivity index (χ3n) is 5.23. The van der Waals surface area contributed by atoms with Gasteiger partial charge in [-0.05, 0) is 24.3 Å². The van der Waals surface area contributed by atoms with Crippen molar-refractivity contribution in [1.82, 2.24) is 4.57 Å². The van der Waals surface area contributed by atoms with Crippen LogP contribution in [-0.2, 0) is 4.74 Å². The molecule has 0 spiro atoms. The molecule has 5 atom stereocenters. The second-order valence-electron chi connectivity index (χ2n) is 7.24. The van der Waals surface area contributed by atoms with Gasteiger partial charge in [-0.15, -0.1) is 0 Å². The topological polar surface area (TPSA) is 147 Å². The molecule has 10 nitrogen and oxygen atoms in total. The largest absolute Gasteiger partial charge is 0.459 e. The van der Waals surface area contributed by atoms with E-state index in [9.17, 15) is 30.5 Å². The molecule has 1 saturated heterocycles. The first kappa shape index (κ1) is 22.7. The molecule has 32 heavy (non-hydrogen) atoms. The van der Waals surface area contributed by atoms with E-state index in [1.807, 2.05) is 0 Å². The lowest BCUT2D eigenvalue weighted by Gasteiger charge is -2.39. The number of aromatic nitrogens is 1. The second kappa shape index (κ2) is 8.83. The molecule has 3 aromatic rings.